The summed E-state index contributed by atoms with van der Waals surface area (Å²) in [6, 6.07) is 7.83. The maximum atomic E-state index is 12.8. The number of aromatic nitrogens is 4. The maximum absolute atomic E-state index is 12.8. The number of nitrogens with one attached hydrogen (secondary N) is 2. The molecule has 230 valence electrons. The van der Waals surface area contributed by atoms with Crippen LogP contribution in [0.1, 0.15) is 56.9 Å². The van der Waals surface area contributed by atoms with Gasteiger partial charge in [-0.3, -0.25) is 9.58 Å². The van der Waals surface area contributed by atoms with E-state index in [1.165, 1.54) is 4.90 Å². The highest BCUT2D eigenvalue weighted by molar-refractivity contribution is 5.76. The molecule has 12 heteroatoms. The summed E-state index contributed by atoms with van der Waals surface area (Å²) in [4.78, 5) is 10.7. The number of likely N-dealkylation sites (tertiary alicyclic amines) is 1. The molecule has 1 saturated heterocycles. The number of piperidine rings is 1. The molecule has 0 bridgehead atoms. The molecule has 0 spiro atoms. The monoisotopic (exact) mass is 596 g/mol. The van der Waals surface area contributed by atoms with Crippen molar-refractivity contribution in [2.75, 3.05) is 43.4 Å². The maximum Gasteiger partial charge on any atom is 0.401 e. The van der Waals surface area contributed by atoms with Gasteiger partial charge in [-0.05, 0) is 74.4 Å². The minimum atomic E-state index is -4.17. The second kappa shape index (κ2) is 12.5. The molecular formula is C31H39F3N8O. The predicted octanol–water partition coefficient (Wildman–Crippen LogP) is 5.49. The van der Waals surface area contributed by atoms with E-state index in [1.807, 2.05) is 17.7 Å². The molecule has 0 aliphatic carbocycles. The Labute approximate surface area is 250 Å². The number of halogens is 3. The van der Waals surface area contributed by atoms with E-state index >= 15 is 0 Å². The molecule has 1 atom stereocenters. The highest BCUT2D eigenvalue weighted by atomic mass is 19.4. The number of hydrogen-bond acceptors (Lipinski definition) is 8. The topological polar surface area (TPSA) is 115 Å². The van der Waals surface area contributed by atoms with Gasteiger partial charge in [0.2, 0.25) is 5.95 Å². The molecule has 5 rings (SSSR count). The Morgan fingerprint density at radius 3 is 2.70 bits per heavy atom. The highest BCUT2D eigenvalue weighted by Gasteiger charge is 2.36. The molecule has 0 unspecified atom stereocenters. The van der Waals surface area contributed by atoms with Crippen molar-refractivity contribution in [3.63, 3.8) is 0 Å². The number of nitrogens with zero attached hydrogens (tertiary/aromatic N) is 6. The van der Waals surface area contributed by atoms with Gasteiger partial charge in [-0.25, -0.2) is 9.97 Å². The molecule has 3 aromatic rings. The lowest BCUT2D eigenvalue weighted by Crippen LogP contribution is -2.40. The van der Waals surface area contributed by atoms with Crippen molar-refractivity contribution in [1.82, 2.24) is 24.6 Å². The Kier molecular flexibility index (Phi) is 8.94. The predicted molar refractivity (Wildman–Crippen MR) is 159 cm³/mol. The lowest BCUT2D eigenvalue weighted by molar-refractivity contribution is -0.148. The minimum Gasteiger partial charge on any atom is -0.395 e. The quantitative estimate of drug-likeness (QED) is 0.281. The molecule has 0 saturated carbocycles. The second-order valence-electron chi connectivity index (χ2n) is 12.5. The largest absolute Gasteiger partial charge is 0.401 e. The van der Waals surface area contributed by atoms with E-state index in [0.29, 0.717) is 62.1 Å². The van der Waals surface area contributed by atoms with E-state index in [2.05, 4.69) is 40.6 Å². The third kappa shape index (κ3) is 7.11. The molecule has 0 radical (unpaired) electrons. The molecule has 1 fully saturated rings. The van der Waals surface area contributed by atoms with Crippen LogP contribution in [-0.2, 0) is 18.4 Å². The number of hydrogen-bond donors (Lipinski definition) is 3. The van der Waals surface area contributed by atoms with Crippen molar-refractivity contribution in [2.24, 2.45) is 11.8 Å². The smallest absolute Gasteiger partial charge is 0.395 e. The van der Waals surface area contributed by atoms with E-state index in [4.69, 9.17) is 4.98 Å². The number of aliphatic hydroxyl groups is 1. The van der Waals surface area contributed by atoms with Gasteiger partial charge in [-0.1, -0.05) is 20.8 Å². The number of anilines is 3. The van der Waals surface area contributed by atoms with Crippen LogP contribution in [0.5, 0.6) is 0 Å². The van der Waals surface area contributed by atoms with Gasteiger partial charge in [0.25, 0.3) is 0 Å². The lowest BCUT2D eigenvalue weighted by atomic mass is 9.83. The molecule has 9 nitrogen and oxygen atoms in total. The summed E-state index contributed by atoms with van der Waals surface area (Å²) in [6.45, 7) is 7.46. The SMILES string of the molecule is CC(C)CCc1c(Nc2nccc(-c3cc(C#N)c4c(c3)[C@@](C)(CO)CN4)n2)cnn1CC1CCN(CC(F)(F)F)CC1. The third-order valence-corrected chi connectivity index (χ3v) is 8.56. The normalized spacial score (nSPS) is 19.3. The zero-order chi connectivity index (χ0) is 30.8. The second-order valence-corrected chi connectivity index (χ2v) is 12.5. The van der Waals surface area contributed by atoms with E-state index in [0.717, 1.165) is 41.0 Å². The third-order valence-electron chi connectivity index (χ3n) is 8.56. The Hall–Kier alpha value is -3.69. The molecule has 0 amide bonds. The first-order valence-electron chi connectivity index (χ1n) is 14.9. The van der Waals surface area contributed by atoms with Crippen molar-refractivity contribution in [1.29, 1.82) is 5.26 Å². The van der Waals surface area contributed by atoms with Crippen LogP contribution in [-0.4, -0.2) is 68.7 Å². The Morgan fingerprint density at radius 1 is 1.26 bits per heavy atom. The lowest BCUT2D eigenvalue weighted by Gasteiger charge is -2.32. The first-order valence-corrected chi connectivity index (χ1v) is 14.9. The average molecular weight is 597 g/mol. The van der Waals surface area contributed by atoms with Crippen LogP contribution >= 0.6 is 0 Å². The first kappa shape index (κ1) is 30.8. The van der Waals surface area contributed by atoms with E-state index in [1.54, 1.807) is 24.5 Å². The summed E-state index contributed by atoms with van der Waals surface area (Å²) in [6.07, 6.45) is 2.40. The van der Waals surface area contributed by atoms with Gasteiger partial charge in [0.1, 0.15) is 6.07 Å². The Balaban J connectivity index is 1.36. The summed E-state index contributed by atoms with van der Waals surface area (Å²) in [7, 11) is 0. The van der Waals surface area contributed by atoms with Gasteiger partial charge in [-0.2, -0.15) is 23.5 Å². The Morgan fingerprint density at radius 2 is 2.02 bits per heavy atom. The van der Waals surface area contributed by atoms with Gasteiger partial charge in [-0.15, -0.1) is 0 Å². The summed E-state index contributed by atoms with van der Waals surface area (Å²) >= 11 is 0. The van der Waals surface area contributed by atoms with Crippen molar-refractivity contribution >= 4 is 17.3 Å². The van der Waals surface area contributed by atoms with Crippen LogP contribution in [0.4, 0.5) is 30.5 Å². The van der Waals surface area contributed by atoms with E-state index in [-0.39, 0.29) is 12.5 Å². The average Bonchev–Trinajstić information content (AvgIpc) is 3.51. The summed E-state index contributed by atoms with van der Waals surface area (Å²) < 4.78 is 40.5. The zero-order valence-corrected chi connectivity index (χ0v) is 24.9. The van der Waals surface area contributed by atoms with Crippen molar-refractivity contribution in [3.8, 4) is 17.3 Å². The number of alkyl halides is 3. The molecule has 2 aromatic heterocycles. The van der Waals surface area contributed by atoms with E-state index in [9.17, 15) is 23.5 Å². The molecule has 43 heavy (non-hydrogen) atoms. The number of fused-ring (bicyclic) bond motifs is 1. The van der Waals surface area contributed by atoms with Crippen molar-refractivity contribution < 1.29 is 18.3 Å². The molecular weight excluding hydrogens is 557 g/mol. The zero-order valence-electron chi connectivity index (χ0n) is 24.9. The summed E-state index contributed by atoms with van der Waals surface area (Å²) in [5.74, 6) is 1.13. The van der Waals surface area contributed by atoms with Gasteiger partial charge in [0.15, 0.2) is 0 Å². The standard InChI is InChI=1S/C31H39F3N8O/c1-20(2)4-5-27-26(15-38-42(27)16-21-7-10-41(11-8-21)18-31(32,33)34)40-29-36-9-6-25(39-29)22-12-23(14-35)28-24(13-22)30(3,19-43)17-37-28/h6,9,12-13,15,20-21,37,43H,4-5,7-8,10-11,16-19H2,1-3H3,(H,36,39,40)/t30-/m1/s1. The van der Waals surface area contributed by atoms with Gasteiger partial charge in [0, 0.05) is 30.3 Å². The van der Waals surface area contributed by atoms with Gasteiger partial charge in [0.05, 0.1) is 47.7 Å². The summed E-state index contributed by atoms with van der Waals surface area (Å²) in [5, 5.41) is 31.2. The first-order chi connectivity index (χ1) is 20.5. The van der Waals surface area contributed by atoms with Crippen LogP contribution in [0.3, 0.4) is 0 Å². The van der Waals surface area contributed by atoms with Gasteiger partial charge >= 0.3 is 6.18 Å². The van der Waals surface area contributed by atoms with Crippen LogP contribution in [0, 0.1) is 23.2 Å². The molecule has 4 heterocycles. The minimum absolute atomic E-state index is 0.0479. The summed E-state index contributed by atoms with van der Waals surface area (Å²) in [5.41, 5.74) is 4.87. The fourth-order valence-corrected chi connectivity index (χ4v) is 5.95. The van der Waals surface area contributed by atoms with Crippen LogP contribution in [0.15, 0.2) is 30.6 Å². The van der Waals surface area contributed by atoms with Crippen molar-refractivity contribution in [2.45, 2.75) is 64.6 Å². The van der Waals surface area contributed by atoms with Gasteiger partial charge < -0.3 is 15.7 Å². The van der Waals surface area contributed by atoms with Crippen molar-refractivity contribution in [3.05, 3.63) is 47.4 Å². The number of aliphatic hydroxyl groups excluding tert-OH is 1. The van der Waals surface area contributed by atoms with Crippen LogP contribution < -0.4 is 10.6 Å². The molecule has 1 aromatic carbocycles. The number of nitriles is 1. The fourth-order valence-electron chi connectivity index (χ4n) is 5.95. The number of rotatable bonds is 10. The highest BCUT2D eigenvalue weighted by Crippen LogP contribution is 2.41. The molecule has 2 aliphatic heterocycles. The Bertz CT molecular complexity index is 1470. The fraction of sp³-hybridized carbons (Fsp3) is 0.548. The van der Waals surface area contributed by atoms with Crippen LogP contribution in [0.2, 0.25) is 0 Å². The van der Waals surface area contributed by atoms with Crippen LogP contribution in [0.25, 0.3) is 11.3 Å². The molecule has 2 aliphatic rings. The number of benzene rings is 1. The molecule has 3 N–H and O–H groups in total. The van der Waals surface area contributed by atoms with E-state index < -0.39 is 18.1 Å².